The first-order valence-corrected chi connectivity index (χ1v) is 8.16. The number of likely N-dealkylation sites (tertiary alicyclic amines) is 1. The molecule has 4 nitrogen and oxygen atoms in total. The minimum atomic E-state index is 0.469. The van der Waals surface area contributed by atoms with Crippen molar-refractivity contribution in [2.75, 3.05) is 20.2 Å². The minimum Gasteiger partial charge on any atom is -0.462 e. The number of hydrogen-bond donors (Lipinski definition) is 1. The van der Waals surface area contributed by atoms with Crippen LogP contribution in [0.3, 0.4) is 0 Å². The van der Waals surface area contributed by atoms with Gasteiger partial charge in [-0.3, -0.25) is 0 Å². The van der Waals surface area contributed by atoms with Crippen LogP contribution in [0.5, 0.6) is 0 Å². The Labute approximate surface area is 128 Å². The molecule has 0 aliphatic carbocycles. The van der Waals surface area contributed by atoms with Crippen LogP contribution in [-0.4, -0.2) is 37.2 Å². The molecule has 1 saturated heterocycles. The molecule has 1 aliphatic heterocycles. The van der Waals surface area contributed by atoms with E-state index < -0.39 is 0 Å². The molecule has 2 rings (SSSR count). The quantitative estimate of drug-likeness (QED) is 0.838. The Morgan fingerprint density at radius 1 is 1.43 bits per heavy atom. The van der Waals surface area contributed by atoms with Crippen LogP contribution >= 0.6 is 0 Å². The van der Waals surface area contributed by atoms with Gasteiger partial charge in [-0.05, 0) is 45.0 Å². The number of aryl methyl sites for hydroxylation is 1. The average molecular weight is 294 g/mol. The van der Waals surface area contributed by atoms with Gasteiger partial charge in [-0.2, -0.15) is 0 Å². The summed E-state index contributed by atoms with van der Waals surface area (Å²) in [5, 5.41) is 3.39. The Morgan fingerprint density at radius 3 is 2.95 bits per heavy atom. The molecule has 1 aliphatic rings. The van der Waals surface area contributed by atoms with Crippen molar-refractivity contribution in [3.8, 4) is 0 Å². The van der Waals surface area contributed by atoms with Gasteiger partial charge in [0.15, 0.2) is 0 Å². The van der Waals surface area contributed by atoms with Gasteiger partial charge in [0, 0.05) is 12.1 Å². The molecule has 0 radical (unpaired) electrons. The van der Waals surface area contributed by atoms with Crippen LogP contribution in [0, 0.1) is 6.92 Å². The predicted molar refractivity (Wildman–Crippen MR) is 85.3 cm³/mol. The van der Waals surface area contributed by atoms with Gasteiger partial charge in [0.25, 0.3) is 0 Å². The van der Waals surface area contributed by atoms with E-state index in [0.717, 1.165) is 24.7 Å². The van der Waals surface area contributed by atoms with Crippen LogP contribution in [0.1, 0.15) is 50.2 Å². The summed E-state index contributed by atoms with van der Waals surface area (Å²) in [6.45, 7) is 9.74. The molecular weight excluding hydrogens is 264 g/mol. The van der Waals surface area contributed by atoms with Crippen LogP contribution in [0.15, 0.2) is 10.5 Å². The second-order valence-corrected chi connectivity index (χ2v) is 6.50. The molecule has 1 atom stereocenters. The van der Waals surface area contributed by atoms with Gasteiger partial charge in [-0.25, -0.2) is 0 Å². The van der Waals surface area contributed by atoms with E-state index in [4.69, 9.17) is 9.15 Å². The number of nitrogens with one attached hydrogen (secondary N) is 1. The average Bonchev–Trinajstić information content (AvgIpc) is 2.79. The largest absolute Gasteiger partial charge is 0.462 e. The molecule has 0 saturated carbocycles. The van der Waals surface area contributed by atoms with E-state index in [1.807, 2.05) is 0 Å². The first-order chi connectivity index (χ1) is 10.1. The zero-order valence-electron chi connectivity index (χ0n) is 13.9. The summed E-state index contributed by atoms with van der Waals surface area (Å²) in [7, 11) is 2.19. The second-order valence-electron chi connectivity index (χ2n) is 6.50. The van der Waals surface area contributed by atoms with Crippen molar-refractivity contribution in [3.05, 3.63) is 23.2 Å². The molecule has 1 fully saturated rings. The normalized spacial score (nSPS) is 20.3. The zero-order valence-corrected chi connectivity index (χ0v) is 13.9. The molecule has 0 aromatic carbocycles. The van der Waals surface area contributed by atoms with Gasteiger partial charge in [0.05, 0.1) is 13.2 Å². The summed E-state index contributed by atoms with van der Waals surface area (Å²) in [5.74, 6) is 1.96. The van der Waals surface area contributed by atoms with Crippen molar-refractivity contribution in [2.45, 2.75) is 65.3 Å². The van der Waals surface area contributed by atoms with Gasteiger partial charge in [0.2, 0.25) is 0 Å². The lowest BCUT2D eigenvalue weighted by molar-refractivity contribution is 0.0370. The molecule has 2 heterocycles. The molecule has 0 amide bonds. The molecule has 0 spiro atoms. The van der Waals surface area contributed by atoms with Gasteiger partial charge in [-0.1, -0.05) is 20.3 Å². The molecule has 0 bridgehead atoms. The fourth-order valence-electron chi connectivity index (χ4n) is 2.78. The minimum absolute atomic E-state index is 0.469. The van der Waals surface area contributed by atoms with Crippen molar-refractivity contribution in [1.82, 2.24) is 10.2 Å². The Hall–Kier alpha value is -0.840. The third-order valence-corrected chi connectivity index (χ3v) is 4.22. The van der Waals surface area contributed by atoms with Crippen molar-refractivity contribution < 1.29 is 9.15 Å². The van der Waals surface area contributed by atoms with E-state index in [2.05, 4.69) is 44.1 Å². The van der Waals surface area contributed by atoms with E-state index in [0.29, 0.717) is 18.7 Å². The third-order valence-electron chi connectivity index (χ3n) is 4.22. The zero-order chi connectivity index (χ0) is 15.2. The van der Waals surface area contributed by atoms with Crippen molar-refractivity contribution >= 4 is 0 Å². The molecule has 21 heavy (non-hydrogen) atoms. The predicted octanol–water partition coefficient (Wildman–Crippen LogP) is 3.09. The Morgan fingerprint density at radius 2 is 2.24 bits per heavy atom. The fraction of sp³-hybridized carbons (Fsp3) is 0.765. The summed E-state index contributed by atoms with van der Waals surface area (Å²) in [6, 6.07) is 3.13. The lowest BCUT2D eigenvalue weighted by atomic mass is 10.0. The van der Waals surface area contributed by atoms with E-state index in [9.17, 15) is 0 Å². The van der Waals surface area contributed by atoms with Crippen LogP contribution in [0.25, 0.3) is 0 Å². The molecule has 1 aromatic rings. The van der Waals surface area contributed by atoms with Gasteiger partial charge >= 0.3 is 0 Å². The summed E-state index contributed by atoms with van der Waals surface area (Å²) < 4.78 is 11.7. The van der Waals surface area contributed by atoms with Gasteiger partial charge in [0.1, 0.15) is 18.1 Å². The van der Waals surface area contributed by atoms with Crippen LogP contribution in [-0.2, 0) is 17.9 Å². The topological polar surface area (TPSA) is 37.6 Å². The maximum Gasteiger partial charge on any atom is 0.130 e. The van der Waals surface area contributed by atoms with Crippen molar-refractivity contribution in [1.29, 1.82) is 0 Å². The fourth-order valence-corrected chi connectivity index (χ4v) is 2.78. The summed E-state index contributed by atoms with van der Waals surface area (Å²) in [6.07, 6.45) is 3.89. The molecule has 1 aromatic heterocycles. The number of likely N-dealkylation sites (N-methyl/N-ethyl adjacent to an activating group) is 1. The van der Waals surface area contributed by atoms with Gasteiger partial charge < -0.3 is 19.4 Å². The summed E-state index contributed by atoms with van der Waals surface area (Å²) in [5.41, 5.74) is 1.21. The number of rotatable bonds is 7. The third kappa shape index (κ3) is 5.13. The van der Waals surface area contributed by atoms with E-state index in [1.54, 1.807) is 0 Å². The highest BCUT2D eigenvalue weighted by atomic mass is 16.5. The van der Waals surface area contributed by atoms with E-state index in [1.165, 1.54) is 31.4 Å². The SMILES string of the molecule is Cc1cc(COCC2CCCCN2C)oc1CNC(C)C. The standard InChI is InChI=1S/C17H30N2O2/c1-13(2)18-10-17-14(3)9-16(21-17)12-20-11-15-7-5-6-8-19(15)4/h9,13,15,18H,5-8,10-12H2,1-4H3. The number of furan rings is 1. The number of piperidine rings is 1. The van der Waals surface area contributed by atoms with Crippen molar-refractivity contribution in [2.24, 2.45) is 0 Å². The summed E-state index contributed by atoms with van der Waals surface area (Å²) >= 11 is 0. The monoisotopic (exact) mass is 294 g/mol. The molecule has 1 unspecified atom stereocenters. The lowest BCUT2D eigenvalue weighted by Crippen LogP contribution is -2.39. The Bertz CT molecular complexity index is 428. The first-order valence-electron chi connectivity index (χ1n) is 8.16. The maximum atomic E-state index is 5.88. The van der Waals surface area contributed by atoms with E-state index >= 15 is 0 Å². The summed E-state index contributed by atoms with van der Waals surface area (Å²) in [4.78, 5) is 2.41. The van der Waals surface area contributed by atoms with Crippen LogP contribution in [0.4, 0.5) is 0 Å². The highest BCUT2D eigenvalue weighted by molar-refractivity contribution is 5.19. The highest BCUT2D eigenvalue weighted by Crippen LogP contribution is 2.18. The first kappa shape index (κ1) is 16.5. The second kappa shape index (κ2) is 7.97. The highest BCUT2D eigenvalue weighted by Gasteiger charge is 2.19. The smallest absolute Gasteiger partial charge is 0.130 e. The lowest BCUT2D eigenvalue weighted by Gasteiger charge is -2.32. The Balaban J connectivity index is 1.76. The number of nitrogens with zero attached hydrogens (tertiary/aromatic N) is 1. The van der Waals surface area contributed by atoms with Gasteiger partial charge in [-0.15, -0.1) is 0 Å². The molecule has 1 N–H and O–H groups in total. The number of hydrogen-bond acceptors (Lipinski definition) is 4. The number of ether oxygens (including phenoxy) is 1. The van der Waals surface area contributed by atoms with Crippen molar-refractivity contribution in [3.63, 3.8) is 0 Å². The maximum absolute atomic E-state index is 5.88. The molecule has 4 heteroatoms. The van der Waals surface area contributed by atoms with Crippen LogP contribution in [0.2, 0.25) is 0 Å². The van der Waals surface area contributed by atoms with Crippen LogP contribution < -0.4 is 5.32 Å². The molecular formula is C17H30N2O2. The molecule has 120 valence electrons. The Kier molecular flexibility index (Phi) is 6.27. The van der Waals surface area contributed by atoms with E-state index in [-0.39, 0.29) is 0 Å².